The summed E-state index contributed by atoms with van der Waals surface area (Å²) in [5.74, 6) is -0.283. The largest absolute Gasteiger partial charge is 0.355 e. The van der Waals surface area contributed by atoms with Gasteiger partial charge in [-0.25, -0.2) is 8.42 Å². The Morgan fingerprint density at radius 3 is 2.80 bits per heavy atom. The van der Waals surface area contributed by atoms with Gasteiger partial charge in [0.05, 0.1) is 0 Å². The fraction of sp³-hybridized carbons (Fsp3) is 0.636. The van der Waals surface area contributed by atoms with Gasteiger partial charge >= 0.3 is 4.87 Å². The summed E-state index contributed by atoms with van der Waals surface area (Å²) in [4.78, 5) is 25.3. The number of sulfonamides is 1. The van der Waals surface area contributed by atoms with Gasteiger partial charge in [-0.15, -0.1) is 0 Å². The van der Waals surface area contributed by atoms with E-state index in [-0.39, 0.29) is 10.1 Å². The number of hydrogen-bond acceptors (Lipinski definition) is 5. The number of carbonyl (C=O) groups excluding carboxylic acids is 1. The maximum atomic E-state index is 12.6. The van der Waals surface area contributed by atoms with Crippen molar-refractivity contribution in [2.24, 2.45) is 0 Å². The molecule has 0 radical (unpaired) electrons. The quantitative estimate of drug-likeness (QED) is 0.818. The standard InChI is InChI=1S/C11H17N3O4S2/c1-3-12-9(15)8-5-4-6-14(8)20(17,18)10-7(2)13-11(16)19-10/h8H,3-6H2,1-2H3,(H,12,15)(H,13,16)/t8-/m0/s1. The van der Waals surface area contributed by atoms with Gasteiger partial charge in [-0.2, -0.15) is 4.31 Å². The van der Waals surface area contributed by atoms with Crippen LogP contribution in [0.25, 0.3) is 0 Å². The summed E-state index contributed by atoms with van der Waals surface area (Å²) in [6.45, 7) is 4.09. The second kappa shape index (κ2) is 5.66. The van der Waals surface area contributed by atoms with Crippen molar-refractivity contribution in [1.82, 2.24) is 14.6 Å². The van der Waals surface area contributed by atoms with Crippen molar-refractivity contribution in [3.05, 3.63) is 15.4 Å². The zero-order valence-electron chi connectivity index (χ0n) is 11.3. The number of nitrogens with zero attached hydrogens (tertiary/aromatic N) is 1. The van der Waals surface area contributed by atoms with Gasteiger partial charge in [-0.1, -0.05) is 11.3 Å². The lowest BCUT2D eigenvalue weighted by molar-refractivity contribution is -0.124. The first-order valence-corrected chi connectivity index (χ1v) is 8.63. The van der Waals surface area contributed by atoms with Crippen molar-refractivity contribution in [2.75, 3.05) is 13.1 Å². The smallest absolute Gasteiger partial charge is 0.305 e. The minimum atomic E-state index is -3.80. The van der Waals surface area contributed by atoms with E-state index in [0.29, 0.717) is 43.0 Å². The lowest BCUT2D eigenvalue weighted by Gasteiger charge is -2.22. The average molecular weight is 319 g/mol. The van der Waals surface area contributed by atoms with E-state index in [1.165, 1.54) is 4.31 Å². The van der Waals surface area contributed by atoms with Crippen LogP contribution in [0.2, 0.25) is 0 Å². The Kier molecular flexibility index (Phi) is 4.31. The van der Waals surface area contributed by atoms with Crippen LogP contribution in [0, 0.1) is 6.92 Å². The number of likely N-dealkylation sites (N-methyl/N-ethyl adjacent to an activating group) is 1. The van der Waals surface area contributed by atoms with Crippen molar-refractivity contribution in [3.8, 4) is 0 Å². The fourth-order valence-electron chi connectivity index (χ4n) is 2.32. The molecule has 0 bridgehead atoms. The molecule has 1 fully saturated rings. The van der Waals surface area contributed by atoms with E-state index in [1.54, 1.807) is 13.8 Å². The number of hydrogen-bond donors (Lipinski definition) is 2. The number of thiazole rings is 1. The van der Waals surface area contributed by atoms with Crippen LogP contribution in [-0.2, 0) is 14.8 Å². The zero-order chi connectivity index (χ0) is 14.9. The molecule has 1 aromatic heterocycles. The van der Waals surface area contributed by atoms with E-state index in [1.807, 2.05) is 0 Å². The van der Waals surface area contributed by atoms with Gasteiger partial charge in [0.15, 0.2) is 4.21 Å². The van der Waals surface area contributed by atoms with Gasteiger partial charge < -0.3 is 10.3 Å². The predicted molar refractivity (Wildman–Crippen MR) is 75.3 cm³/mol. The van der Waals surface area contributed by atoms with E-state index >= 15 is 0 Å². The van der Waals surface area contributed by atoms with Gasteiger partial charge in [0.2, 0.25) is 5.91 Å². The number of aromatic nitrogens is 1. The maximum absolute atomic E-state index is 12.6. The Morgan fingerprint density at radius 1 is 1.55 bits per heavy atom. The molecule has 7 nitrogen and oxygen atoms in total. The third-order valence-corrected chi connectivity index (χ3v) is 6.67. The van der Waals surface area contributed by atoms with Crippen LogP contribution >= 0.6 is 11.3 Å². The second-order valence-electron chi connectivity index (χ2n) is 4.60. The molecule has 112 valence electrons. The summed E-state index contributed by atoms with van der Waals surface area (Å²) in [6, 6.07) is -0.684. The van der Waals surface area contributed by atoms with E-state index in [9.17, 15) is 18.0 Å². The Morgan fingerprint density at radius 2 is 2.25 bits per heavy atom. The Bertz CT molecular complexity index is 661. The highest BCUT2D eigenvalue weighted by Crippen LogP contribution is 2.28. The molecular weight excluding hydrogens is 302 g/mol. The minimum Gasteiger partial charge on any atom is -0.355 e. The van der Waals surface area contributed by atoms with Crippen LogP contribution in [0.4, 0.5) is 0 Å². The van der Waals surface area contributed by atoms with Crippen molar-refractivity contribution in [1.29, 1.82) is 0 Å². The van der Waals surface area contributed by atoms with E-state index in [0.717, 1.165) is 0 Å². The first-order valence-electron chi connectivity index (χ1n) is 6.37. The first-order chi connectivity index (χ1) is 9.37. The van der Waals surface area contributed by atoms with Crippen LogP contribution in [0.3, 0.4) is 0 Å². The molecule has 1 atom stereocenters. The highest BCUT2D eigenvalue weighted by atomic mass is 32.2. The van der Waals surface area contributed by atoms with Gasteiger partial charge in [0.25, 0.3) is 10.0 Å². The molecule has 20 heavy (non-hydrogen) atoms. The van der Waals surface area contributed by atoms with Gasteiger partial charge in [0, 0.05) is 18.8 Å². The molecule has 1 aliphatic rings. The lowest BCUT2D eigenvalue weighted by atomic mass is 10.2. The molecule has 0 saturated carbocycles. The molecule has 1 aliphatic heterocycles. The molecule has 0 aliphatic carbocycles. The zero-order valence-corrected chi connectivity index (χ0v) is 12.9. The molecule has 1 amide bonds. The van der Waals surface area contributed by atoms with Crippen molar-refractivity contribution < 1.29 is 13.2 Å². The monoisotopic (exact) mass is 319 g/mol. The number of carbonyl (C=O) groups is 1. The lowest BCUT2D eigenvalue weighted by Crippen LogP contribution is -2.45. The molecule has 0 aromatic carbocycles. The van der Waals surface area contributed by atoms with Crippen molar-refractivity contribution in [2.45, 2.75) is 36.9 Å². The third-order valence-electron chi connectivity index (χ3n) is 3.18. The van der Waals surface area contributed by atoms with Crippen LogP contribution in [0.15, 0.2) is 9.00 Å². The third kappa shape index (κ3) is 2.65. The highest BCUT2D eigenvalue weighted by molar-refractivity contribution is 7.91. The predicted octanol–water partition coefficient (Wildman–Crippen LogP) is 0.0340. The average Bonchev–Trinajstić information content (AvgIpc) is 2.96. The van der Waals surface area contributed by atoms with E-state index in [4.69, 9.17) is 0 Å². The summed E-state index contributed by atoms with van der Waals surface area (Å²) < 4.78 is 26.4. The number of H-pyrrole nitrogens is 1. The summed E-state index contributed by atoms with van der Waals surface area (Å²) >= 11 is 0.663. The maximum Gasteiger partial charge on any atom is 0.305 e. The Hall–Kier alpha value is -1.19. The topological polar surface area (TPSA) is 99.3 Å². The molecule has 2 rings (SSSR count). The van der Waals surface area contributed by atoms with Crippen LogP contribution in [0.5, 0.6) is 0 Å². The minimum absolute atomic E-state index is 0.00121. The van der Waals surface area contributed by atoms with E-state index < -0.39 is 20.9 Å². The fourth-order valence-corrected chi connectivity index (χ4v) is 5.39. The summed E-state index contributed by atoms with van der Waals surface area (Å²) in [5, 5.41) is 2.65. The molecule has 9 heteroatoms. The van der Waals surface area contributed by atoms with Crippen LogP contribution < -0.4 is 10.2 Å². The Labute approximate surface area is 121 Å². The summed E-state index contributed by atoms with van der Waals surface area (Å²) in [7, 11) is -3.80. The molecule has 2 heterocycles. The summed E-state index contributed by atoms with van der Waals surface area (Å²) in [6.07, 6.45) is 1.14. The number of rotatable bonds is 4. The SMILES string of the molecule is CCNC(=O)[C@@H]1CCCN1S(=O)(=O)c1sc(=O)[nH]c1C. The van der Waals surface area contributed by atoms with Gasteiger partial charge in [0.1, 0.15) is 6.04 Å². The molecule has 0 unspecified atom stereocenters. The number of aromatic amines is 1. The molecular formula is C11H17N3O4S2. The van der Waals surface area contributed by atoms with Crippen molar-refractivity contribution in [3.63, 3.8) is 0 Å². The Balaban J connectivity index is 2.36. The normalized spacial score (nSPS) is 20.2. The molecule has 0 spiro atoms. The van der Waals surface area contributed by atoms with E-state index in [2.05, 4.69) is 10.3 Å². The summed E-state index contributed by atoms with van der Waals surface area (Å²) in [5.41, 5.74) is 0.321. The first kappa shape index (κ1) is 15.2. The molecule has 2 N–H and O–H groups in total. The van der Waals surface area contributed by atoms with Crippen LogP contribution in [-0.4, -0.2) is 42.7 Å². The van der Waals surface area contributed by atoms with Gasteiger partial charge in [-0.05, 0) is 26.7 Å². The molecule has 1 saturated heterocycles. The number of nitrogens with one attached hydrogen (secondary N) is 2. The van der Waals surface area contributed by atoms with Gasteiger partial charge in [-0.3, -0.25) is 9.59 Å². The van der Waals surface area contributed by atoms with Crippen LogP contribution in [0.1, 0.15) is 25.5 Å². The molecule has 1 aromatic rings. The highest BCUT2D eigenvalue weighted by Gasteiger charge is 2.40. The number of amides is 1. The number of aryl methyl sites for hydroxylation is 1. The second-order valence-corrected chi connectivity index (χ2v) is 7.66. The van der Waals surface area contributed by atoms with Crippen molar-refractivity contribution >= 4 is 27.3 Å².